The van der Waals surface area contributed by atoms with Crippen molar-refractivity contribution in [2.45, 2.75) is 31.8 Å². The smallest absolute Gasteiger partial charge is 0.380 e. The first kappa shape index (κ1) is 30.2. The van der Waals surface area contributed by atoms with E-state index < -0.39 is 65.9 Å². The van der Waals surface area contributed by atoms with Crippen LogP contribution in [0, 0.1) is 17.5 Å². The summed E-state index contributed by atoms with van der Waals surface area (Å²) in [5.74, 6) is -4.43. The maximum absolute atomic E-state index is 14.2. The summed E-state index contributed by atoms with van der Waals surface area (Å²) in [6, 6.07) is 8.34. The minimum absolute atomic E-state index is 0.132. The van der Waals surface area contributed by atoms with Crippen molar-refractivity contribution in [2.24, 2.45) is 5.73 Å². The number of primary amides is 1. The van der Waals surface area contributed by atoms with E-state index in [0.29, 0.717) is 17.2 Å². The fraction of sp³-hybridized carbons (Fsp3) is 0.214. The molecular formula is C28H23F6N5O3. The van der Waals surface area contributed by atoms with E-state index in [1.165, 1.54) is 31.5 Å². The number of hydrogen-bond donors (Lipinski definition) is 2. The third kappa shape index (κ3) is 7.13. The molecule has 4 aromatic rings. The molecule has 2 aromatic carbocycles. The predicted octanol–water partition coefficient (Wildman–Crippen LogP) is 4.73. The molecule has 1 atom stereocenters. The summed E-state index contributed by atoms with van der Waals surface area (Å²) >= 11 is 0. The summed E-state index contributed by atoms with van der Waals surface area (Å²) in [5.41, 5.74) is 4.30. The van der Waals surface area contributed by atoms with Crippen molar-refractivity contribution in [3.8, 4) is 11.1 Å². The number of halogens is 6. The number of carbonyl (C=O) groups excluding carboxylic acids is 2. The van der Waals surface area contributed by atoms with Gasteiger partial charge in [0.05, 0.1) is 23.9 Å². The molecule has 0 aliphatic rings. The number of benzene rings is 2. The lowest BCUT2D eigenvalue weighted by molar-refractivity contribution is -0.143. The van der Waals surface area contributed by atoms with Crippen LogP contribution < -0.4 is 11.1 Å². The summed E-state index contributed by atoms with van der Waals surface area (Å²) < 4.78 is 88.0. The van der Waals surface area contributed by atoms with E-state index in [2.05, 4.69) is 15.4 Å². The zero-order valence-electron chi connectivity index (χ0n) is 21.9. The molecule has 42 heavy (non-hydrogen) atoms. The van der Waals surface area contributed by atoms with Gasteiger partial charge in [0.25, 0.3) is 5.91 Å². The maximum atomic E-state index is 14.2. The molecule has 14 heteroatoms. The van der Waals surface area contributed by atoms with E-state index >= 15 is 0 Å². The summed E-state index contributed by atoms with van der Waals surface area (Å²) in [5, 5.41) is 6.13. The lowest BCUT2D eigenvalue weighted by atomic mass is 9.94. The van der Waals surface area contributed by atoms with Crippen LogP contribution in [0.1, 0.15) is 38.9 Å². The van der Waals surface area contributed by atoms with E-state index in [0.717, 1.165) is 29.1 Å². The first-order valence-electron chi connectivity index (χ1n) is 12.3. The van der Waals surface area contributed by atoms with Gasteiger partial charge in [-0.3, -0.25) is 19.3 Å². The highest BCUT2D eigenvalue weighted by Crippen LogP contribution is 2.32. The Labute approximate surface area is 235 Å². The number of amides is 2. The second-order valence-corrected chi connectivity index (χ2v) is 9.23. The largest absolute Gasteiger partial charge is 0.435 e. The van der Waals surface area contributed by atoms with E-state index in [4.69, 9.17) is 10.5 Å². The number of hydrogen-bond acceptors (Lipinski definition) is 5. The molecule has 3 N–H and O–H groups in total. The SMILES string of the molecule is COCc1cn(CC(=O)NC(Cc2cc(F)cc(F)c2)c2ncccc2-c2ccc(F)c(C(N)=O)c2)nc1C(F)(F)F. The number of carbonyl (C=O) groups is 2. The topological polar surface area (TPSA) is 112 Å². The quantitative estimate of drug-likeness (QED) is 0.259. The molecule has 2 amide bonds. The summed E-state index contributed by atoms with van der Waals surface area (Å²) in [6.45, 7) is -1.04. The molecule has 0 aliphatic carbocycles. The summed E-state index contributed by atoms with van der Waals surface area (Å²) in [4.78, 5) is 29.2. The number of pyridine rings is 1. The second kappa shape index (κ2) is 12.4. The van der Waals surface area contributed by atoms with Crippen LogP contribution in [-0.2, 0) is 35.3 Å². The van der Waals surface area contributed by atoms with Crippen LogP contribution >= 0.6 is 0 Å². The number of aromatic nitrogens is 3. The van der Waals surface area contributed by atoms with Gasteiger partial charge >= 0.3 is 6.18 Å². The molecule has 8 nitrogen and oxygen atoms in total. The molecular weight excluding hydrogens is 568 g/mol. The highest BCUT2D eigenvalue weighted by molar-refractivity contribution is 5.94. The van der Waals surface area contributed by atoms with Gasteiger partial charge in [0, 0.05) is 36.7 Å². The molecule has 0 aliphatic heterocycles. The van der Waals surface area contributed by atoms with Gasteiger partial charge in [0.2, 0.25) is 5.91 Å². The van der Waals surface area contributed by atoms with Crippen molar-refractivity contribution in [2.75, 3.05) is 7.11 Å². The molecule has 0 fully saturated rings. The minimum atomic E-state index is -4.79. The molecule has 220 valence electrons. The van der Waals surface area contributed by atoms with Gasteiger partial charge in [-0.2, -0.15) is 18.3 Å². The Morgan fingerprint density at radius 2 is 1.79 bits per heavy atom. The maximum Gasteiger partial charge on any atom is 0.435 e. The molecule has 1 unspecified atom stereocenters. The molecule has 0 bridgehead atoms. The first-order chi connectivity index (χ1) is 19.8. The number of nitrogens with one attached hydrogen (secondary N) is 1. The Bertz CT molecular complexity index is 1600. The highest BCUT2D eigenvalue weighted by Gasteiger charge is 2.37. The Balaban J connectivity index is 1.72. The first-order valence-corrected chi connectivity index (χ1v) is 12.3. The lowest BCUT2D eigenvalue weighted by Crippen LogP contribution is -2.34. The molecule has 0 spiro atoms. The van der Waals surface area contributed by atoms with Crippen LogP contribution in [0.4, 0.5) is 26.3 Å². The Kier molecular flexibility index (Phi) is 8.95. The number of ether oxygens (including phenoxy) is 1. The van der Waals surface area contributed by atoms with Gasteiger partial charge in [-0.25, -0.2) is 13.2 Å². The van der Waals surface area contributed by atoms with Crippen molar-refractivity contribution in [1.82, 2.24) is 20.1 Å². The number of nitrogens with two attached hydrogens (primary N) is 1. The van der Waals surface area contributed by atoms with E-state index in [9.17, 15) is 35.9 Å². The molecule has 0 radical (unpaired) electrons. The van der Waals surface area contributed by atoms with Crippen molar-refractivity contribution in [1.29, 1.82) is 0 Å². The van der Waals surface area contributed by atoms with Crippen molar-refractivity contribution in [3.05, 3.63) is 106 Å². The van der Waals surface area contributed by atoms with Gasteiger partial charge in [-0.15, -0.1) is 0 Å². The van der Waals surface area contributed by atoms with Crippen LogP contribution in [-0.4, -0.2) is 33.7 Å². The monoisotopic (exact) mass is 591 g/mol. The van der Waals surface area contributed by atoms with E-state index in [-0.39, 0.29) is 23.2 Å². The van der Waals surface area contributed by atoms with Gasteiger partial charge in [0.15, 0.2) is 5.69 Å². The third-order valence-corrected chi connectivity index (χ3v) is 6.12. The Hall–Kier alpha value is -4.72. The average Bonchev–Trinajstić information content (AvgIpc) is 3.31. The standard InChI is InChI=1S/C28H23F6N5O3/c1-42-14-17-12-39(38-26(17)28(32,33)34)13-24(40)37-23(9-15-7-18(29)11-19(30)8-15)25-20(3-2-6-36-25)16-4-5-22(31)21(10-16)27(35)41/h2-8,10-12,23H,9,13-14H2,1H3,(H2,35,41)(H,37,40). The number of alkyl halides is 3. The highest BCUT2D eigenvalue weighted by atomic mass is 19.4. The van der Waals surface area contributed by atoms with Crippen molar-refractivity contribution < 1.29 is 40.7 Å². The van der Waals surface area contributed by atoms with Gasteiger partial charge in [0.1, 0.15) is 24.0 Å². The Morgan fingerprint density at radius 3 is 2.43 bits per heavy atom. The number of methoxy groups -OCH3 is 1. The van der Waals surface area contributed by atoms with Gasteiger partial charge in [-0.1, -0.05) is 12.1 Å². The van der Waals surface area contributed by atoms with Gasteiger partial charge in [-0.05, 0) is 47.9 Å². The third-order valence-electron chi connectivity index (χ3n) is 6.12. The fourth-order valence-corrected chi connectivity index (χ4v) is 4.43. The predicted molar refractivity (Wildman–Crippen MR) is 137 cm³/mol. The van der Waals surface area contributed by atoms with Gasteiger partial charge < -0.3 is 15.8 Å². The minimum Gasteiger partial charge on any atom is -0.380 e. The number of rotatable bonds is 10. The zero-order valence-corrected chi connectivity index (χ0v) is 21.9. The average molecular weight is 592 g/mol. The van der Waals surface area contributed by atoms with Crippen LogP contribution in [0.15, 0.2) is 60.9 Å². The lowest BCUT2D eigenvalue weighted by Gasteiger charge is -2.22. The van der Waals surface area contributed by atoms with E-state index in [1.54, 1.807) is 6.07 Å². The van der Waals surface area contributed by atoms with Crippen molar-refractivity contribution in [3.63, 3.8) is 0 Å². The molecule has 4 rings (SSSR count). The Morgan fingerprint density at radius 1 is 1.07 bits per heavy atom. The van der Waals surface area contributed by atoms with Crippen molar-refractivity contribution >= 4 is 11.8 Å². The number of nitrogens with zero attached hydrogens (tertiary/aromatic N) is 3. The molecule has 2 aromatic heterocycles. The molecule has 0 saturated carbocycles. The molecule has 2 heterocycles. The normalized spacial score (nSPS) is 12.3. The second-order valence-electron chi connectivity index (χ2n) is 9.23. The van der Waals surface area contributed by atoms with Crippen LogP contribution in [0.25, 0.3) is 11.1 Å². The van der Waals surface area contributed by atoms with E-state index in [1.807, 2.05) is 0 Å². The van der Waals surface area contributed by atoms with Crippen LogP contribution in [0.5, 0.6) is 0 Å². The van der Waals surface area contributed by atoms with Crippen LogP contribution in [0.2, 0.25) is 0 Å². The fourth-order valence-electron chi connectivity index (χ4n) is 4.43. The summed E-state index contributed by atoms with van der Waals surface area (Å²) in [7, 11) is 1.21. The summed E-state index contributed by atoms with van der Waals surface area (Å²) in [6.07, 6.45) is -2.58. The molecule has 0 saturated heterocycles. The van der Waals surface area contributed by atoms with Crippen LogP contribution in [0.3, 0.4) is 0 Å². The zero-order chi connectivity index (χ0) is 30.6.